The van der Waals surface area contributed by atoms with Gasteiger partial charge in [-0.15, -0.1) is 0 Å². The summed E-state index contributed by atoms with van der Waals surface area (Å²) in [6, 6.07) is 0.936. The number of hydrogen-bond donors (Lipinski definition) is 5. The summed E-state index contributed by atoms with van der Waals surface area (Å²) in [6.07, 6.45) is -7.27. The van der Waals surface area contributed by atoms with Crippen molar-refractivity contribution in [3.8, 4) is 0 Å². The van der Waals surface area contributed by atoms with E-state index in [1.165, 1.54) is 0 Å². The predicted octanol–water partition coefficient (Wildman–Crippen LogP) is -4.50. The number of aliphatic hydroxyl groups excluding tert-OH is 4. The third-order valence-corrected chi connectivity index (χ3v) is 6.37. The van der Waals surface area contributed by atoms with Crippen LogP contribution in [0.25, 0.3) is 0 Å². The molecular weight excluding hydrogens is 458 g/mol. The standard InChI is InChI=1S/C12H20N2O14P2/c15-3-6(4-16)27-30(23,24)28-29(21,22)25-5-7-9(18)10(19)11(26-7)14-2-1-8(17)13-12(14)20/h1-2,6-7,9-11,15-16,18-19H,3-5H2,(H,21,22)(H,23,24)(H,13,17,20)/p-2/t7-,9-,10-,11-/m1/s1. The van der Waals surface area contributed by atoms with Crippen LogP contribution in [0.15, 0.2) is 21.9 Å². The van der Waals surface area contributed by atoms with Gasteiger partial charge in [0.25, 0.3) is 21.2 Å². The number of nitrogens with zero attached hydrogens (tertiary/aromatic N) is 1. The lowest BCUT2D eigenvalue weighted by Crippen LogP contribution is -2.37. The second-order valence-corrected chi connectivity index (χ2v) is 8.84. The third-order valence-electron chi connectivity index (χ3n) is 3.74. The summed E-state index contributed by atoms with van der Waals surface area (Å²) in [5.41, 5.74) is -1.72. The summed E-state index contributed by atoms with van der Waals surface area (Å²) in [4.78, 5) is 48.0. The zero-order chi connectivity index (χ0) is 22.7. The number of rotatable bonds is 10. The van der Waals surface area contributed by atoms with E-state index in [0.717, 1.165) is 16.8 Å². The van der Waals surface area contributed by atoms with Gasteiger partial charge in [0.2, 0.25) is 0 Å². The van der Waals surface area contributed by atoms with Crippen LogP contribution < -0.4 is 21.0 Å². The Morgan fingerprint density at radius 3 is 2.37 bits per heavy atom. The van der Waals surface area contributed by atoms with E-state index in [1.54, 1.807) is 0 Å². The fraction of sp³-hybridized carbons (Fsp3) is 0.667. The predicted molar refractivity (Wildman–Crippen MR) is 88.5 cm³/mol. The molecule has 30 heavy (non-hydrogen) atoms. The van der Waals surface area contributed by atoms with Crippen molar-refractivity contribution in [1.29, 1.82) is 0 Å². The van der Waals surface area contributed by atoms with E-state index in [1.807, 2.05) is 4.98 Å². The van der Waals surface area contributed by atoms with Crippen molar-refractivity contribution in [3.05, 3.63) is 33.1 Å². The topological polar surface area (TPSA) is 253 Å². The number of H-pyrrole nitrogens is 1. The average Bonchev–Trinajstić information content (AvgIpc) is 2.92. The van der Waals surface area contributed by atoms with E-state index in [9.17, 15) is 38.7 Å². The fourth-order valence-corrected chi connectivity index (χ4v) is 4.51. The Bertz CT molecular complexity index is 928. The molecule has 1 aliphatic rings. The van der Waals surface area contributed by atoms with Gasteiger partial charge in [0.05, 0.1) is 19.8 Å². The molecule has 172 valence electrons. The Morgan fingerprint density at radius 1 is 1.17 bits per heavy atom. The zero-order valence-electron chi connectivity index (χ0n) is 14.9. The van der Waals surface area contributed by atoms with Crippen molar-refractivity contribution in [2.24, 2.45) is 0 Å². The number of ether oxygens (including phenoxy) is 1. The van der Waals surface area contributed by atoms with Gasteiger partial charge in [0, 0.05) is 12.3 Å². The Labute approximate surface area is 167 Å². The molecule has 1 aromatic heterocycles. The number of hydrogen-bond acceptors (Lipinski definition) is 14. The van der Waals surface area contributed by atoms with Crippen molar-refractivity contribution in [1.82, 2.24) is 9.55 Å². The molecule has 1 aromatic rings. The molecule has 2 heterocycles. The van der Waals surface area contributed by atoms with Crippen LogP contribution in [0.5, 0.6) is 0 Å². The molecule has 0 spiro atoms. The Morgan fingerprint density at radius 2 is 1.80 bits per heavy atom. The smallest absolute Gasteiger partial charge is 0.330 e. The number of aromatic nitrogens is 2. The molecule has 2 rings (SSSR count). The minimum atomic E-state index is -5.60. The Kier molecular flexibility index (Phi) is 8.26. The third kappa shape index (κ3) is 6.37. The maximum absolute atomic E-state index is 11.8. The lowest BCUT2D eigenvalue weighted by Gasteiger charge is -2.32. The monoisotopic (exact) mass is 476 g/mol. The van der Waals surface area contributed by atoms with Gasteiger partial charge in [-0.3, -0.25) is 23.5 Å². The van der Waals surface area contributed by atoms with Crippen LogP contribution in [-0.4, -0.2) is 74.2 Å². The molecule has 5 N–H and O–H groups in total. The van der Waals surface area contributed by atoms with E-state index in [4.69, 9.17) is 14.9 Å². The molecule has 0 saturated carbocycles. The SMILES string of the molecule is O=c1ccn([C@@H]2O[C@H](COP(=O)([O-])OP(=O)([O-])OC(CO)CO)[C@@H](O)[C@H]2O)c(=O)[nH]1. The van der Waals surface area contributed by atoms with Crippen LogP contribution in [0, 0.1) is 0 Å². The van der Waals surface area contributed by atoms with E-state index in [2.05, 4.69) is 13.4 Å². The second kappa shape index (κ2) is 9.91. The first kappa shape index (κ1) is 25.0. The largest absolute Gasteiger partial charge is 0.756 e. The highest BCUT2D eigenvalue weighted by Gasteiger charge is 2.44. The van der Waals surface area contributed by atoms with E-state index in [-0.39, 0.29) is 0 Å². The fourth-order valence-electron chi connectivity index (χ4n) is 2.36. The van der Waals surface area contributed by atoms with Crippen LogP contribution in [0.4, 0.5) is 0 Å². The molecule has 1 fully saturated rings. The number of nitrogens with one attached hydrogen (secondary N) is 1. The highest BCUT2D eigenvalue weighted by Crippen LogP contribution is 2.56. The first-order valence-corrected chi connectivity index (χ1v) is 11.0. The molecular formula is C12H18N2O14P2-2. The molecule has 0 aliphatic carbocycles. The summed E-state index contributed by atoms with van der Waals surface area (Å²) >= 11 is 0. The minimum Gasteiger partial charge on any atom is -0.756 e. The van der Waals surface area contributed by atoms with Gasteiger partial charge < -0.3 is 44.0 Å². The van der Waals surface area contributed by atoms with Crippen molar-refractivity contribution in [2.45, 2.75) is 30.6 Å². The Balaban J connectivity index is 2.02. The van der Waals surface area contributed by atoms with E-state index < -0.39 is 77.4 Å². The number of phosphoric ester groups is 2. The van der Waals surface area contributed by atoms with Gasteiger partial charge in [0.1, 0.15) is 24.4 Å². The molecule has 0 radical (unpaired) electrons. The van der Waals surface area contributed by atoms with Gasteiger partial charge in [-0.1, -0.05) is 0 Å². The van der Waals surface area contributed by atoms with Gasteiger partial charge >= 0.3 is 5.69 Å². The summed E-state index contributed by atoms with van der Waals surface area (Å²) in [5, 5.41) is 37.5. The van der Waals surface area contributed by atoms with E-state index >= 15 is 0 Å². The van der Waals surface area contributed by atoms with Gasteiger partial charge in [-0.25, -0.2) is 9.11 Å². The summed E-state index contributed by atoms with van der Waals surface area (Å²) in [6.45, 7) is -2.94. The molecule has 1 saturated heterocycles. The molecule has 0 aromatic carbocycles. The lowest BCUT2D eigenvalue weighted by atomic mass is 10.1. The summed E-state index contributed by atoms with van der Waals surface area (Å²) < 4.78 is 41.3. The average molecular weight is 476 g/mol. The maximum Gasteiger partial charge on any atom is 0.330 e. The summed E-state index contributed by atoms with van der Waals surface area (Å²) in [5.74, 6) is 0. The molecule has 2 unspecified atom stereocenters. The molecule has 0 bridgehead atoms. The van der Waals surface area contributed by atoms with Gasteiger partial charge in [-0.2, -0.15) is 0 Å². The van der Waals surface area contributed by atoms with Crippen LogP contribution in [0.2, 0.25) is 0 Å². The quantitative estimate of drug-likeness (QED) is 0.200. The summed E-state index contributed by atoms with van der Waals surface area (Å²) in [7, 11) is -11.2. The highest BCUT2D eigenvalue weighted by molar-refractivity contribution is 7.59. The zero-order valence-corrected chi connectivity index (χ0v) is 16.7. The van der Waals surface area contributed by atoms with Crippen LogP contribution in [-0.2, 0) is 27.2 Å². The number of phosphoric acid groups is 2. The highest BCUT2D eigenvalue weighted by atomic mass is 31.3. The molecule has 16 nitrogen and oxygen atoms in total. The van der Waals surface area contributed by atoms with E-state index in [0.29, 0.717) is 0 Å². The van der Waals surface area contributed by atoms with Crippen LogP contribution in [0.3, 0.4) is 0 Å². The second-order valence-electron chi connectivity index (χ2n) is 5.93. The number of aromatic amines is 1. The molecule has 6 atom stereocenters. The first-order valence-electron chi connectivity index (χ1n) is 8.10. The molecule has 18 heteroatoms. The lowest BCUT2D eigenvalue weighted by molar-refractivity contribution is -0.248. The van der Waals surface area contributed by atoms with Crippen LogP contribution in [0.1, 0.15) is 6.23 Å². The van der Waals surface area contributed by atoms with Crippen molar-refractivity contribution in [3.63, 3.8) is 0 Å². The molecule has 1 aliphatic heterocycles. The first-order chi connectivity index (χ1) is 13.9. The van der Waals surface area contributed by atoms with Gasteiger partial charge in [-0.05, 0) is 0 Å². The molecule has 0 amide bonds. The number of aliphatic hydroxyl groups is 4. The normalized spacial score (nSPS) is 28.4. The van der Waals surface area contributed by atoms with Crippen molar-refractivity contribution >= 4 is 15.6 Å². The minimum absolute atomic E-state index is 0.728. The van der Waals surface area contributed by atoms with Crippen molar-refractivity contribution < 1.29 is 57.4 Å². The Hall–Kier alpha value is -1.26. The van der Waals surface area contributed by atoms with Crippen molar-refractivity contribution in [2.75, 3.05) is 19.8 Å². The maximum atomic E-state index is 11.8. The van der Waals surface area contributed by atoms with Gasteiger partial charge in [0.15, 0.2) is 6.23 Å². The van der Waals surface area contributed by atoms with Crippen LogP contribution >= 0.6 is 15.6 Å².